The number of para-hydroxylation sites is 1. The van der Waals surface area contributed by atoms with Crippen LogP contribution in [0.2, 0.25) is 0 Å². The van der Waals surface area contributed by atoms with E-state index in [1.165, 1.54) is 24.3 Å². The van der Waals surface area contributed by atoms with Crippen LogP contribution in [0.25, 0.3) is 0 Å². The summed E-state index contributed by atoms with van der Waals surface area (Å²) >= 11 is 0. The van der Waals surface area contributed by atoms with Crippen molar-refractivity contribution in [2.75, 3.05) is 5.73 Å². The fraction of sp³-hybridized carbons (Fsp3) is 0.200. The molecule has 3 nitrogen and oxygen atoms in total. The molecule has 1 atom stereocenters. The van der Waals surface area contributed by atoms with Crippen LogP contribution in [0, 0.1) is 0 Å². The first kappa shape index (κ1) is 15.2. The van der Waals surface area contributed by atoms with Gasteiger partial charge in [0.05, 0.1) is 6.10 Å². The molecule has 0 amide bonds. The topological polar surface area (TPSA) is 55.5 Å². The van der Waals surface area contributed by atoms with Crippen molar-refractivity contribution >= 4 is 5.69 Å². The molecule has 0 spiro atoms. The molecule has 0 saturated carbocycles. The average Bonchev–Trinajstić information content (AvgIpc) is 2.40. The molecule has 0 fully saturated rings. The Morgan fingerprint density at radius 2 is 1.67 bits per heavy atom. The summed E-state index contributed by atoms with van der Waals surface area (Å²) in [4.78, 5) is 0. The summed E-state index contributed by atoms with van der Waals surface area (Å²) in [5, 5.41) is 10.1. The first-order valence-electron chi connectivity index (χ1n) is 6.22. The normalized spacial score (nSPS) is 13.0. The van der Waals surface area contributed by atoms with E-state index in [0.29, 0.717) is 16.8 Å². The monoisotopic (exact) mass is 297 g/mol. The Bertz CT molecular complexity index is 597. The van der Waals surface area contributed by atoms with Crippen molar-refractivity contribution in [3.8, 4) is 5.75 Å². The number of nitrogen functional groups attached to an aromatic ring is 1. The summed E-state index contributed by atoms with van der Waals surface area (Å²) in [6, 6.07) is 12.3. The molecule has 0 heterocycles. The maximum atomic E-state index is 12.0. The maximum Gasteiger partial charge on any atom is 0.573 e. The van der Waals surface area contributed by atoms with Gasteiger partial charge in [-0.25, -0.2) is 0 Å². The van der Waals surface area contributed by atoms with Crippen molar-refractivity contribution in [1.29, 1.82) is 0 Å². The molecule has 0 aliphatic rings. The van der Waals surface area contributed by atoms with Gasteiger partial charge in [-0.2, -0.15) is 0 Å². The lowest BCUT2D eigenvalue weighted by atomic mass is 10.00. The summed E-state index contributed by atoms with van der Waals surface area (Å²) in [5.74, 6) is -0.292. The van der Waals surface area contributed by atoms with Gasteiger partial charge < -0.3 is 15.6 Å². The highest BCUT2D eigenvalue weighted by atomic mass is 19.4. The molecule has 3 N–H and O–H groups in total. The molecular weight excluding hydrogens is 283 g/mol. The molecule has 112 valence electrons. The van der Waals surface area contributed by atoms with Crippen LogP contribution in [0.15, 0.2) is 48.5 Å². The number of nitrogens with two attached hydrogens (primary N) is 1. The Hall–Kier alpha value is -2.21. The number of aliphatic hydroxyl groups excluding tert-OH is 1. The molecule has 0 saturated heterocycles. The molecule has 2 aromatic rings. The molecule has 6 heteroatoms. The lowest BCUT2D eigenvalue weighted by Crippen LogP contribution is -2.17. The minimum atomic E-state index is -4.71. The van der Waals surface area contributed by atoms with E-state index in [1.807, 2.05) is 0 Å². The second-order valence-corrected chi connectivity index (χ2v) is 4.54. The van der Waals surface area contributed by atoms with Gasteiger partial charge in [0.1, 0.15) is 5.75 Å². The molecular formula is C15H14F3NO2. The van der Waals surface area contributed by atoms with Gasteiger partial charge in [0.15, 0.2) is 0 Å². The van der Waals surface area contributed by atoms with E-state index in [4.69, 9.17) is 5.73 Å². The van der Waals surface area contributed by atoms with Gasteiger partial charge in [0.25, 0.3) is 0 Å². The molecule has 0 aromatic heterocycles. The molecule has 0 aliphatic heterocycles. The predicted molar refractivity (Wildman–Crippen MR) is 72.6 cm³/mol. The first-order chi connectivity index (χ1) is 9.85. The number of benzene rings is 2. The Morgan fingerprint density at radius 1 is 1.05 bits per heavy atom. The molecule has 2 aromatic carbocycles. The predicted octanol–water partition coefficient (Wildman–Crippen LogP) is 3.44. The van der Waals surface area contributed by atoms with E-state index in [9.17, 15) is 18.3 Å². The lowest BCUT2D eigenvalue weighted by Gasteiger charge is -2.14. The third-order valence-corrected chi connectivity index (χ3v) is 2.94. The number of ether oxygens (including phenoxy) is 1. The minimum Gasteiger partial charge on any atom is -0.406 e. The highest BCUT2D eigenvalue weighted by Gasteiger charge is 2.30. The zero-order valence-electron chi connectivity index (χ0n) is 11.0. The van der Waals surface area contributed by atoms with Gasteiger partial charge in [0.2, 0.25) is 0 Å². The molecule has 1 unspecified atom stereocenters. The van der Waals surface area contributed by atoms with Gasteiger partial charge in [-0.3, -0.25) is 0 Å². The van der Waals surface area contributed by atoms with Crippen molar-refractivity contribution in [2.24, 2.45) is 0 Å². The highest BCUT2D eigenvalue weighted by molar-refractivity contribution is 5.48. The lowest BCUT2D eigenvalue weighted by molar-refractivity contribution is -0.274. The fourth-order valence-corrected chi connectivity index (χ4v) is 1.97. The van der Waals surface area contributed by atoms with Crippen LogP contribution in [-0.2, 0) is 6.42 Å². The molecule has 21 heavy (non-hydrogen) atoms. The Morgan fingerprint density at radius 3 is 2.24 bits per heavy atom. The van der Waals surface area contributed by atoms with E-state index in [1.54, 1.807) is 24.3 Å². The van der Waals surface area contributed by atoms with E-state index in [-0.39, 0.29) is 12.2 Å². The number of hydrogen-bond acceptors (Lipinski definition) is 3. The highest BCUT2D eigenvalue weighted by Crippen LogP contribution is 2.26. The van der Waals surface area contributed by atoms with Crippen molar-refractivity contribution < 1.29 is 23.0 Å². The van der Waals surface area contributed by atoms with Crippen LogP contribution >= 0.6 is 0 Å². The summed E-state index contributed by atoms with van der Waals surface area (Å²) in [6.07, 6.45) is -5.28. The summed E-state index contributed by atoms with van der Waals surface area (Å²) in [7, 11) is 0. The molecule has 0 bridgehead atoms. The SMILES string of the molecule is Nc1ccccc1C(O)Cc1ccc(OC(F)(F)F)cc1. The fourth-order valence-electron chi connectivity index (χ4n) is 1.97. The van der Waals surface area contributed by atoms with Crippen LogP contribution in [0.1, 0.15) is 17.2 Å². The summed E-state index contributed by atoms with van der Waals surface area (Å²) < 4.78 is 39.9. The maximum absolute atomic E-state index is 12.0. The zero-order chi connectivity index (χ0) is 15.5. The number of hydrogen-bond donors (Lipinski definition) is 2. The van der Waals surface area contributed by atoms with Gasteiger partial charge in [-0.15, -0.1) is 13.2 Å². The number of halogens is 3. The number of anilines is 1. The summed E-state index contributed by atoms with van der Waals surface area (Å²) in [6.45, 7) is 0. The number of rotatable bonds is 4. The van der Waals surface area contributed by atoms with Crippen LogP contribution in [0.4, 0.5) is 18.9 Å². The Kier molecular flexibility index (Phi) is 4.37. The van der Waals surface area contributed by atoms with Crippen molar-refractivity contribution in [3.05, 3.63) is 59.7 Å². The van der Waals surface area contributed by atoms with Gasteiger partial charge in [-0.05, 0) is 23.8 Å². The Balaban J connectivity index is 2.05. The van der Waals surface area contributed by atoms with Crippen LogP contribution in [0.5, 0.6) is 5.75 Å². The van der Waals surface area contributed by atoms with Crippen LogP contribution in [0.3, 0.4) is 0 Å². The van der Waals surface area contributed by atoms with E-state index in [2.05, 4.69) is 4.74 Å². The van der Waals surface area contributed by atoms with E-state index in [0.717, 1.165) is 0 Å². The van der Waals surface area contributed by atoms with E-state index >= 15 is 0 Å². The second kappa shape index (κ2) is 6.05. The third-order valence-electron chi connectivity index (χ3n) is 2.94. The summed E-state index contributed by atoms with van der Waals surface area (Å²) in [5.41, 5.74) is 7.51. The number of aliphatic hydroxyl groups is 1. The molecule has 2 rings (SSSR count). The van der Waals surface area contributed by atoms with Crippen LogP contribution < -0.4 is 10.5 Å². The third kappa shape index (κ3) is 4.39. The Labute approximate surface area is 119 Å². The largest absolute Gasteiger partial charge is 0.573 e. The standard InChI is InChI=1S/C15H14F3NO2/c16-15(17,18)21-11-7-5-10(6-8-11)9-14(20)12-3-1-2-4-13(12)19/h1-8,14,20H,9,19H2. The van der Waals surface area contributed by atoms with Crippen molar-refractivity contribution in [2.45, 2.75) is 18.9 Å². The minimum absolute atomic E-state index is 0.251. The number of alkyl halides is 3. The molecule has 0 radical (unpaired) electrons. The van der Waals surface area contributed by atoms with E-state index < -0.39 is 12.5 Å². The smallest absolute Gasteiger partial charge is 0.406 e. The van der Waals surface area contributed by atoms with Crippen LogP contribution in [-0.4, -0.2) is 11.5 Å². The van der Waals surface area contributed by atoms with Crippen molar-refractivity contribution in [3.63, 3.8) is 0 Å². The van der Waals surface area contributed by atoms with Crippen molar-refractivity contribution in [1.82, 2.24) is 0 Å². The first-order valence-corrected chi connectivity index (χ1v) is 6.22. The zero-order valence-corrected chi connectivity index (χ0v) is 11.0. The second-order valence-electron chi connectivity index (χ2n) is 4.54. The van der Waals surface area contributed by atoms with Gasteiger partial charge >= 0.3 is 6.36 Å². The van der Waals surface area contributed by atoms with Gasteiger partial charge in [0, 0.05) is 17.7 Å². The van der Waals surface area contributed by atoms with Gasteiger partial charge in [-0.1, -0.05) is 30.3 Å². The quantitative estimate of drug-likeness (QED) is 0.850. The average molecular weight is 297 g/mol. The molecule has 0 aliphatic carbocycles.